The number of ether oxygens (including phenoxy) is 2. The second kappa shape index (κ2) is 15.4. The molecule has 0 saturated heterocycles. The minimum atomic E-state index is -1.10. The predicted octanol–water partition coefficient (Wildman–Crippen LogP) is 4.13. The first-order valence-corrected chi connectivity index (χ1v) is 13.2. The largest absolute Gasteiger partial charge is 0.480 e. The lowest BCUT2D eigenvalue weighted by atomic mass is 10.1. The van der Waals surface area contributed by atoms with E-state index in [9.17, 15) is 14.7 Å². The smallest absolute Gasteiger partial charge is 0.408 e. The topological polar surface area (TPSA) is 113 Å². The van der Waals surface area contributed by atoms with Gasteiger partial charge in [-0.1, -0.05) is 35.9 Å². The number of carboxylic acid groups (broad SMARTS) is 1. The molecule has 0 radical (unpaired) electrons. The lowest BCUT2D eigenvalue weighted by Gasteiger charge is -2.24. The zero-order valence-electron chi connectivity index (χ0n) is 21.4. The third kappa shape index (κ3) is 9.83. The number of alkyl carbamates (subject to hydrolysis) is 1. The van der Waals surface area contributed by atoms with Crippen molar-refractivity contribution in [2.24, 2.45) is 0 Å². The molecule has 9 nitrogen and oxygen atoms in total. The Balaban J connectivity index is 1.43. The fraction of sp³-hybridized carbons (Fsp3) is 0.519. The highest BCUT2D eigenvalue weighted by Gasteiger charge is 2.22. The summed E-state index contributed by atoms with van der Waals surface area (Å²) in [6, 6.07) is 10.2. The molecule has 10 heteroatoms. The van der Waals surface area contributed by atoms with Gasteiger partial charge in [-0.05, 0) is 62.8 Å². The van der Waals surface area contributed by atoms with Gasteiger partial charge in [-0.3, -0.25) is 0 Å². The van der Waals surface area contributed by atoms with Crippen LogP contribution in [-0.2, 0) is 33.7 Å². The van der Waals surface area contributed by atoms with Crippen LogP contribution in [0.3, 0.4) is 0 Å². The summed E-state index contributed by atoms with van der Waals surface area (Å²) >= 11 is 6.08. The molecule has 0 spiro atoms. The Labute approximate surface area is 223 Å². The first-order valence-electron chi connectivity index (χ1n) is 12.8. The Hall–Kier alpha value is -2.88. The first kappa shape index (κ1) is 28.7. The number of methoxy groups -OCH3 is 1. The van der Waals surface area contributed by atoms with Crippen molar-refractivity contribution in [2.45, 2.75) is 51.2 Å². The number of nitrogens with one attached hydrogen (secondary N) is 2. The van der Waals surface area contributed by atoms with Crippen LogP contribution in [0.4, 0.5) is 10.6 Å². The standard InChI is InChI=1S/C27H37ClN4O5/c1-36-18-17-32(15-5-4-9-22-12-11-20-8-6-14-29-25(20)30-22)16-13-24(26(33)34)31-27(35)37-19-21-7-2-3-10-23(21)28/h2-3,7,10-12,24H,4-6,8-9,13-19H2,1H3,(H,29,30)(H,31,35)(H,33,34). The molecule has 1 unspecified atom stereocenters. The SMILES string of the molecule is COCCN(CCCCc1ccc2c(n1)NCCC2)CCC(NC(=O)OCc1ccccc1Cl)C(=O)O. The number of hydrogen-bond acceptors (Lipinski definition) is 7. The molecular weight excluding hydrogens is 496 g/mol. The normalized spacial score (nSPS) is 13.5. The van der Waals surface area contributed by atoms with E-state index >= 15 is 0 Å². The predicted molar refractivity (Wildman–Crippen MR) is 143 cm³/mol. The van der Waals surface area contributed by atoms with E-state index < -0.39 is 18.1 Å². The molecule has 37 heavy (non-hydrogen) atoms. The maximum absolute atomic E-state index is 12.2. The maximum Gasteiger partial charge on any atom is 0.408 e. The molecule has 1 aliphatic rings. The van der Waals surface area contributed by atoms with Crippen molar-refractivity contribution in [3.8, 4) is 0 Å². The molecule has 1 aliphatic heterocycles. The lowest BCUT2D eigenvalue weighted by molar-refractivity contribution is -0.139. The van der Waals surface area contributed by atoms with Crippen LogP contribution < -0.4 is 10.6 Å². The van der Waals surface area contributed by atoms with Gasteiger partial charge in [0.2, 0.25) is 0 Å². The van der Waals surface area contributed by atoms with Crippen LogP contribution in [0, 0.1) is 0 Å². The van der Waals surface area contributed by atoms with Gasteiger partial charge in [0.1, 0.15) is 18.5 Å². The monoisotopic (exact) mass is 532 g/mol. The van der Waals surface area contributed by atoms with Crippen molar-refractivity contribution < 1.29 is 24.2 Å². The Bertz CT molecular complexity index is 1020. The molecule has 1 aromatic carbocycles. The van der Waals surface area contributed by atoms with Crippen LogP contribution in [0.2, 0.25) is 5.02 Å². The highest BCUT2D eigenvalue weighted by atomic mass is 35.5. The van der Waals surface area contributed by atoms with Crippen LogP contribution >= 0.6 is 11.6 Å². The first-order chi connectivity index (χ1) is 18.0. The van der Waals surface area contributed by atoms with Crippen molar-refractivity contribution in [3.63, 3.8) is 0 Å². The Morgan fingerprint density at radius 1 is 1.19 bits per heavy atom. The molecule has 202 valence electrons. The van der Waals surface area contributed by atoms with Gasteiger partial charge >= 0.3 is 12.1 Å². The number of pyridine rings is 1. The van der Waals surface area contributed by atoms with Crippen LogP contribution in [0.1, 0.15) is 42.5 Å². The number of benzene rings is 1. The Morgan fingerprint density at radius 3 is 2.81 bits per heavy atom. The summed E-state index contributed by atoms with van der Waals surface area (Å²) in [6.07, 6.45) is 4.50. The molecule has 1 aromatic heterocycles. The Morgan fingerprint density at radius 2 is 2.03 bits per heavy atom. The molecule has 2 aromatic rings. The van der Waals surface area contributed by atoms with E-state index in [2.05, 4.69) is 27.7 Å². The lowest BCUT2D eigenvalue weighted by Crippen LogP contribution is -2.43. The zero-order valence-corrected chi connectivity index (χ0v) is 22.1. The number of carbonyl (C=O) groups is 2. The molecule has 0 bridgehead atoms. The molecule has 0 fully saturated rings. The summed E-state index contributed by atoms with van der Waals surface area (Å²) in [5, 5.41) is 15.9. The number of hydrogen-bond donors (Lipinski definition) is 3. The van der Waals surface area contributed by atoms with E-state index in [0.717, 1.165) is 56.7 Å². The number of fused-ring (bicyclic) bond motifs is 1. The number of rotatable bonds is 15. The van der Waals surface area contributed by atoms with Crippen LogP contribution in [0.5, 0.6) is 0 Å². The molecule has 2 heterocycles. The number of unbranched alkanes of at least 4 members (excludes halogenated alkanes) is 1. The number of nitrogens with zero attached hydrogens (tertiary/aromatic N) is 2. The second-order valence-corrected chi connectivity index (χ2v) is 9.53. The molecule has 1 atom stereocenters. The van der Waals surface area contributed by atoms with Crippen molar-refractivity contribution in [2.75, 3.05) is 45.2 Å². The van der Waals surface area contributed by atoms with Crippen molar-refractivity contribution in [1.29, 1.82) is 0 Å². The molecule has 0 saturated carbocycles. The number of aliphatic carboxylic acids is 1. The third-order valence-electron chi connectivity index (χ3n) is 6.36. The number of aromatic nitrogens is 1. The quantitative estimate of drug-likeness (QED) is 0.293. The molecular formula is C27H37ClN4O5. The highest BCUT2D eigenvalue weighted by Crippen LogP contribution is 2.20. The molecule has 1 amide bonds. The minimum Gasteiger partial charge on any atom is -0.480 e. The van der Waals surface area contributed by atoms with E-state index in [1.807, 2.05) is 0 Å². The summed E-state index contributed by atoms with van der Waals surface area (Å²) in [5.41, 5.74) is 3.02. The fourth-order valence-corrected chi connectivity index (χ4v) is 4.41. The van der Waals surface area contributed by atoms with Crippen LogP contribution in [0.25, 0.3) is 0 Å². The summed E-state index contributed by atoms with van der Waals surface area (Å²) in [7, 11) is 1.64. The number of carbonyl (C=O) groups excluding carboxylic acids is 1. The van der Waals surface area contributed by atoms with Gasteiger partial charge in [-0.25, -0.2) is 14.6 Å². The van der Waals surface area contributed by atoms with E-state index in [-0.39, 0.29) is 13.0 Å². The van der Waals surface area contributed by atoms with Crippen molar-refractivity contribution in [1.82, 2.24) is 15.2 Å². The number of aryl methyl sites for hydroxylation is 2. The van der Waals surface area contributed by atoms with E-state index in [4.69, 9.17) is 26.1 Å². The van der Waals surface area contributed by atoms with E-state index in [1.54, 1.807) is 31.4 Å². The summed E-state index contributed by atoms with van der Waals surface area (Å²) in [6.45, 7) is 3.47. The van der Waals surface area contributed by atoms with E-state index in [0.29, 0.717) is 30.3 Å². The van der Waals surface area contributed by atoms with Gasteiger partial charge in [-0.2, -0.15) is 0 Å². The molecule has 0 aliphatic carbocycles. The molecule has 3 N–H and O–H groups in total. The number of amides is 1. The van der Waals surface area contributed by atoms with Gasteiger partial charge in [-0.15, -0.1) is 0 Å². The fourth-order valence-electron chi connectivity index (χ4n) is 4.22. The number of halogens is 1. The van der Waals surface area contributed by atoms with Crippen molar-refractivity contribution in [3.05, 3.63) is 58.2 Å². The minimum absolute atomic E-state index is 0.0348. The van der Waals surface area contributed by atoms with Gasteiger partial charge in [0.25, 0.3) is 0 Å². The zero-order chi connectivity index (χ0) is 26.5. The second-order valence-electron chi connectivity index (χ2n) is 9.12. The van der Waals surface area contributed by atoms with Crippen LogP contribution in [-0.4, -0.2) is 73.0 Å². The third-order valence-corrected chi connectivity index (χ3v) is 6.73. The van der Waals surface area contributed by atoms with Gasteiger partial charge in [0.15, 0.2) is 0 Å². The average molecular weight is 533 g/mol. The van der Waals surface area contributed by atoms with E-state index in [1.165, 1.54) is 5.56 Å². The van der Waals surface area contributed by atoms with Gasteiger partial charge in [0.05, 0.1) is 6.61 Å². The van der Waals surface area contributed by atoms with Crippen LogP contribution in [0.15, 0.2) is 36.4 Å². The number of anilines is 1. The number of carboxylic acids is 1. The maximum atomic E-state index is 12.2. The summed E-state index contributed by atoms with van der Waals surface area (Å²) in [4.78, 5) is 30.9. The summed E-state index contributed by atoms with van der Waals surface area (Å²) in [5.74, 6) is -0.0865. The van der Waals surface area contributed by atoms with Gasteiger partial charge in [0, 0.05) is 43.0 Å². The highest BCUT2D eigenvalue weighted by molar-refractivity contribution is 6.31. The van der Waals surface area contributed by atoms with Gasteiger partial charge < -0.3 is 30.1 Å². The molecule has 3 rings (SSSR count). The Kier molecular flexibility index (Phi) is 11.9. The average Bonchev–Trinajstić information content (AvgIpc) is 2.90. The van der Waals surface area contributed by atoms with Crippen molar-refractivity contribution >= 4 is 29.5 Å². The summed E-state index contributed by atoms with van der Waals surface area (Å²) < 4.78 is 10.4.